The van der Waals surface area contributed by atoms with Crippen molar-refractivity contribution in [3.05, 3.63) is 168 Å². The van der Waals surface area contributed by atoms with Gasteiger partial charge in [-0.15, -0.1) is 0 Å². The van der Waals surface area contributed by atoms with Gasteiger partial charge in [0.05, 0.1) is 23.1 Å². The molecule has 3 heterocycles. The topological polar surface area (TPSA) is 46.1 Å². The first-order valence-electron chi connectivity index (χ1n) is 15.8. The first kappa shape index (κ1) is 25.9. The number of aliphatic imine (C=N–C) groups is 1. The van der Waals surface area contributed by atoms with Crippen molar-refractivity contribution in [3.8, 4) is 34.1 Å². The van der Waals surface area contributed by atoms with Gasteiger partial charge in [0.1, 0.15) is 11.5 Å². The Morgan fingerprint density at radius 3 is 2.15 bits per heavy atom. The Morgan fingerprint density at radius 2 is 1.26 bits per heavy atom. The van der Waals surface area contributed by atoms with Crippen molar-refractivity contribution in [2.75, 3.05) is 4.90 Å². The lowest BCUT2D eigenvalue weighted by molar-refractivity contribution is 0.447. The van der Waals surface area contributed by atoms with E-state index in [1.807, 2.05) is 36.4 Å². The van der Waals surface area contributed by atoms with Crippen molar-refractivity contribution in [1.82, 2.24) is 5.32 Å². The molecule has 47 heavy (non-hydrogen) atoms. The van der Waals surface area contributed by atoms with Crippen molar-refractivity contribution in [1.29, 1.82) is 0 Å². The molecule has 0 fully saturated rings. The van der Waals surface area contributed by atoms with Crippen LogP contribution in [0.2, 0.25) is 0 Å². The molecular weight excluding hydrogens is 578 g/mol. The molecule has 0 radical (unpaired) electrons. The fourth-order valence-electron chi connectivity index (χ4n) is 7.10. The maximum atomic E-state index is 6.66. The van der Waals surface area contributed by atoms with Crippen LogP contribution >= 0.6 is 0 Å². The van der Waals surface area contributed by atoms with Crippen LogP contribution in [0.1, 0.15) is 22.7 Å². The maximum absolute atomic E-state index is 6.66. The van der Waals surface area contributed by atoms with Crippen LogP contribution in [0.4, 0.5) is 22.7 Å². The average molecular weight is 606 g/mol. The fourth-order valence-corrected chi connectivity index (χ4v) is 7.10. The third kappa shape index (κ3) is 4.00. The smallest absolute Gasteiger partial charge is 0.159 e. The van der Waals surface area contributed by atoms with E-state index in [2.05, 4.69) is 125 Å². The molecule has 0 saturated carbocycles. The number of anilines is 3. The first-order valence-corrected chi connectivity index (χ1v) is 15.8. The molecule has 0 aliphatic carbocycles. The van der Waals surface area contributed by atoms with Crippen LogP contribution in [0.3, 0.4) is 0 Å². The van der Waals surface area contributed by atoms with Gasteiger partial charge in [0.25, 0.3) is 0 Å². The Kier molecular flexibility index (Phi) is 5.57. The summed E-state index contributed by atoms with van der Waals surface area (Å²) in [6, 6.07) is 52.5. The summed E-state index contributed by atoms with van der Waals surface area (Å²) >= 11 is 0. The summed E-state index contributed by atoms with van der Waals surface area (Å²) in [5.74, 6) is 4.05. The molecule has 1 atom stereocenters. The molecule has 1 unspecified atom stereocenters. The lowest BCUT2D eigenvalue weighted by Crippen LogP contribution is -2.32. The number of nitrogens with zero attached hydrogens (tertiary/aromatic N) is 2. The summed E-state index contributed by atoms with van der Waals surface area (Å²) in [7, 11) is 0. The predicted molar refractivity (Wildman–Crippen MR) is 188 cm³/mol. The third-order valence-corrected chi connectivity index (χ3v) is 9.31. The van der Waals surface area contributed by atoms with Gasteiger partial charge >= 0.3 is 0 Å². The maximum Gasteiger partial charge on any atom is 0.159 e. The van der Waals surface area contributed by atoms with Gasteiger partial charge in [0, 0.05) is 22.1 Å². The van der Waals surface area contributed by atoms with Gasteiger partial charge in [0.15, 0.2) is 23.0 Å². The molecule has 222 valence electrons. The van der Waals surface area contributed by atoms with E-state index in [0.29, 0.717) is 0 Å². The van der Waals surface area contributed by atoms with Gasteiger partial charge in [-0.05, 0) is 46.8 Å². The number of fused-ring (bicyclic) bond motifs is 7. The number of nitrogens with one attached hydrogen (secondary N) is 1. The molecular formula is C42H27N3O2. The monoisotopic (exact) mass is 605 g/mol. The Hall–Kier alpha value is -6.33. The molecule has 0 saturated heterocycles. The lowest BCUT2D eigenvalue weighted by Gasteiger charge is -2.38. The van der Waals surface area contributed by atoms with Crippen LogP contribution in [0, 0.1) is 0 Å². The second kappa shape index (κ2) is 10.1. The molecule has 3 aliphatic heterocycles. The average Bonchev–Trinajstić information content (AvgIpc) is 3.14. The Morgan fingerprint density at radius 1 is 0.553 bits per heavy atom. The summed E-state index contributed by atoms with van der Waals surface area (Å²) in [6.45, 7) is 0. The van der Waals surface area contributed by atoms with Gasteiger partial charge in [-0.3, -0.25) is 4.90 Å². The molecule has 7 aromatic carbocycles. The van der Waals surface area contributed by atoms with E-state index in [4.69, 9.17) is 14.5 Å². The van der Waals surface area contributed by atoms with Crippen LogP contribution < -0.4 is 19.7 Å². The van der Waals surface area contributed by atoms with Gasteiger partial charge in [0.2, 0.25) is 0 Å². The number of para-hydroxylation sites is 4. The molecule has 5 heteroatoms. The van der Waals surface area contributed by atoms with Gasteiger partial charge < -0.3 is 14.8 Å². The molecule has 0 amide bonds. The zero-order chi connectivity index (χ0) is 30.9. The van der Waals surface area contributed by atoms with Crippen LogP contribution in [-0.2, 0) is 0 Å². The van der Waals surface area contributed by atoms with Gasteiger partial charge in [-0.1, -0.05) is 121 Å². The van der Waals surface area contributed by atoms with E-state index in [-0.39, 0.29) is 6.04 Å². The van der Waals surface area contributed by atoms with Crippen molar-refractivity contribution >= 4 is 39.4 Å². The minimum absolute atomic E-state index is 0.0149. The van der Waals surface area contributed by atoms with Crippen molar-refractivity contribution in [2.24, 2.45) is 4.99 Å². The molecule has 1 N–H and O–H groups in total. The van der Waals surface area contributed by atoms with E-state index in [9.17, 15) is 0 Å². The minimum Gasteiger partial charge on any atom is -0.453 e. The molecule has 0 aromatic heterocycles. The van der Waals surface area contributed by atoms with Gasteiger partial charge in [-0.25, -0.2) is 4.99 Å². The normalized spacial score (nSPS) is 15.2. The molecule has 10 rings (SSSR count). The highest BCUT2D eigenvalue weighted by atomic mass is 16.5. The van der Waals surface area contributed by atoms with E-state index < -0.39 is 0 Å². The molecule has 5 nitrogen and oxygen atoms in total. The largest absolute Gasteiger partial charge is 0.453 e. The highest BCUT2D eigenvalue weighted by Crippen LogP contribution is 2.60. The zero-order valence-corrected chi connectivity index (χ0v) is 25.2. The van der Waals surface area contributed by atoms with Gasteiger partial charge in [-0.2, -0.15) is 0 Å². The SMILES string of the molecule is c1ccc(C2NC(c3ccc(-c4cccc5c4Oc4cccc6c4N5c4ccccc4O6)cc3)=Nc3c2ccc2ccccc32)cc1. The summed E-state index contributed by atoms with van der Waals surface area (Å²) in [5, 5.41) is 6.11. The number of amidine groups is 1. The summed E-state index contributed by atoms with van der Waals surface area (Å²) in [5.41, 5.74) is 9.40. The summed E-state index contributed by atoms with van der Waals surface area (Å²) < 4.78 is 12.9. The quantitative estimate of drug-likeness (QED) is 0.218. The molecule has 0 spiro atoms. The predicted octanol–water partition coefficient (Wildman–Crippen LogP) is 11.0. The Balaban J connectivity index is 1.07. The van der Waals surface area contributed by atoms with E-state index in [1.165, 1.54) is 16.5 Å². The first-order chi connectivity index (χ1) is 23.3. The van der Waals surface area contributed by atoms with Crippen molar-refractivity contribution in [2.45, 2.75) is 6.04 Å². The van der Waals surface area contributed by atoms with Crippen molar-refractivity contribution in [3.63, 3.8) is 0 Å². The summed E-state index contributed by atoms with van der Waals surface area (Å²) in [4.78, 5) is 7.49. The lowest BCUT2D eigenvalue weighted by atomic mass is 9.92. The van der Waals surface area contributed by atoms with Crippen LogP contribution in [0.5, 0.6) is 23.0 Å². The molecule has 7 aromatic rings. The number of benzene rings is 7. The minimum atomic E-state index is -0.0149. The van der Waals surface area contributed by atoms with Crippen LogP contribution in [0.25, 0.3) is 21.9 Å². The number of rotatable bonds is 3. The van der Waals surface area contributed by atoms with Crippen LogP contribution in [0.15, 0.2) is 157 Å². The number of hydrogen-bond acceptors (Lipinski definition) is 5. The zero-order valence-electron chi connectivity index (χ0n) is 25.2. The molecule has 0 bridgehead atoms. The standard InChI is InChI=1S/C42H27N3O2/c1-2-11-28(12-3-1)38-32-25-24-26-10-4-5-13-30(26)39(32)44-42(43-38)29-22-20-27(21-23-29)31-14-8-16-34-41(31)47-37-19-9-18-36-40(37)45(34)33-15-6-7-17-35(33)46-36/h1-25,38H,(H,43,44). The van der Waals surface area contributed by atoms with E-state index in [0.717, 1.165) is 73.7 Å². The Labute approximate surface area is 272 Å². The fraction of sp³-hybridized carbons (Fsp3) is 0.0238. The molecule has 3 aliphatic rings. The van der Waals surface area contributed by atoms with E-state index >= 15 is 0 Å². The van der Waals surface area contributed by atoms with Crippen LogP contribution in [-0.4, -0.2) is 5.84 Å². The van der Waals surface area contributed by atoms with E-state index in [1.54, 1.807) is 0 Å². The third-order valence-electron chi connectivity index (χ3n) is 9.31. The Bertz CT molecular complexity index is 2400. The number of ether oxygens (including phenoxy) is 2. The number of hydrogen-bond donors (Lipinski definition) is 1. The highest BCUT2D eigenvalue weighted by Gasteiger charge is 2.35. The second-order valence-electron chi connectivity index (χ2n) is 12.0. The van der Waals surface area contributed by atoms with Crippen molar-refractivity contribution < 1.29 is 9.47 Å². The second-order valence-corrected chi connectivity index (χ2v) is 12.0. The highest BCUT2D eigenvalue weighted by molar-refractivity contribution is 6.07. The summed E-state index contributed by atoms with van der Waals surface area (Å²) in [6.07, 6.45) is 0.